The van der Waals surface area contributed by atoms with Gasteiger partial charge in [-0.25, -0.2) is 0 Å². The van der Waals surface area contributed by atoms with Gasteiger partial charge in [-0.1, -0.05) is 75.4 Å². The molecule has 0 spiro atoms. The van der Waals surface area contributed by atoms with Crippen molar-refractivity contribution in [3.05, 3.63) is 95.6 Å². The summed E-state index contributed by atoms with van der Waals surface area (Å²) in [5.74, 6) is 0. The highest BCUT2D eigenvalue weighted by Crippen LogP contribution is 2.50. The van der Waals surface area contributed by atoms with Crippen LogP contribution in [0.1, 0.15) is 37.5 Å². The summed E-state index contributed by atoms with van der Waals surface area (Å²) in [7, 11) is 0. The van der Waals surface area contributed by atoms with Crippen LogP contribution in [0.15, 0.2) is 78.9 Å². The standard InChI is InChI=1S/C29H24S/c1-4-18-9-12-21-22-13-10-20(17-26(22)29(2,3)25(21)15-18)19-11-14-28-24(16-19)23-7-5-6-8-27(23)30-28/h5-17H,4H2,1-3H3. The van der Waals surface area contributed by atoms with Crippen molar-refractivity contribution in [1.29, 1.82) is 0 Å². The lowest BCUT2D eigenvalue weighted by molar-refractivity contribution is 0.659. The molecule has 1 heteroatoms. The zero-order chi connectivity index (χ0) is 20.5. The summed E-state index contributed by atoms with van der Waals surface area (Å²) < 4.78 is 2.72. The SMILES string of the molecule is CCc1ccc2c(c1)C(C)(C)c1cc(-c3ccc4sc5ccccc5c4c3)ccc1-2. The minimum absolute atomic E-state index is 0.0328. The van der Waals surface area contributed by atoms with Crippen molar-refractivity contribution >= 4 is 31.5 Å². The molecule has 0 bridgehead atoms. The Bertz CT molecular complexity index is 1450. The van der Waals surface area contributed by atoms with E-state index in [9.17, 15) is 0 Å². The Morgan fingerprint density at radius 1 is 0.667 bits per heavy atom. The van der Waals surface area contributed by atoms with E-state index in [4.69, 9.17) is 0 Å². The molecule has 0 unspecified atom stereocenters. The van der Waals surface area contributed by atoms with E-state index < -0.39 is 0 Å². The predicted octanol–water partition coefficient (Wildman–Crippen LogP) is 8.59. The zero-order valence-corrected chi connectivity index (χ0v) is 18.4. The molecule has 1 aliphatic rings. The monoisotopic (exact) mass is 404 g/mol. The highest BCUT2D eigenvalue weighted by molar-refractivity contribution is 7.25. The summed E-state index contributed by atoms with van der Waals surface area (Å²) in [6.07, 6.45) is 1.08. The molecule has 0 aliphatic heterocycles. The van der Waals surface area contributed by atoms with E-state index in [1.54, 1.807) is 0 Å². The van der Waals surface area contributed by atoms with Gasteiger partial charge in [0.05, 0.1) is 0 Å². The van der Waals surface area contributed by atoms with Gasteiger partial charge < -0.3 is 0 Å². The first-order chi connectivity index (χ1) is 14.6. The molecule has 0 atom stereocenters. The van der Waals surface area contributed by atoms with Gasteiger partial charge in [0.2, 0.25) is 0 Å². The van der Waals surface area contributed by atoms with Crippen LogP contribution >= 0.6 is 11.3 Å². The third-order valence-corrected chi connectivity index (χ3v) is 8.01. The molecule has 146 valence electrons. The van der Waals surface area contributed by atoms with Gasteiger partial charge in [-0.2, -0.15) is 0 Å². The minimum atomic E-state index is 0.0328. The third-order valence-electron chi connectivity index (χ3n) is 6.86. The van der Waals surface area contributed by atoms with E-state index in [2.05, 4.69) is 99.6 Å². The number of fused-ring (bicyclic) bond motifs is 6. The van der Waals surface area contributed by atoms with Crippen LogP contribution in [0, 0.1) is 0 Å². The van der Waals surface area contributed by atoms with Crippen LogP contribution in [-0.4, -0.2) is 0 Å². The maximum absolute atomic E-state index is 2.43. The molecular weight excluding hydrogens is 380 g/mol. The van der Waals surface area contributed by atoms with Gasteiger partial charge in [0.15, 0.2) is 0 Å². The molecule has 0 saturated carbocycles. The van der Waals surface area contributed by atoms with Crippen molar-refractivity contribution < 1.29 is 0 Å². The average molecular weight is 405 g/mol. The van der Waals surface area contributed by atoms with Crippen LogP contribution in [0.2, 0.25) is 0 Å². The maximum atomic E-state index is 2.43. The first kappa shape index (κ1) is 17.9. The molecule has 30 heavy (non-hydrogen) atoms. The summed E-state index contributed by atoms with van der Waals surface area (Å²) in [6, 6.07) is 29.8. The topological polar surface area (TPSA) is 0 Å². The molecule has 1 aliphatic carbocycles. The molecule has 5 aromatic rings. The largest absolute Gasteiger partial charge is 0.135 e. The minimum Gasteiger partial charge on any atom is -0.135 e. The molecule has 0 nitrogen and oxygen atoms in total. The van der Waals surface area contributed by atoms with Crippen molar-refractivity contribution in [2.45, 2.75) is 32.6 Å². The fourth-order valence-electron chi connectivity index (χ4n) is 5.09. The van der Waals surface area contributed by atoms with E-state index in [1.165, 1.54) is 59.1 Å². The van der Waals surface area contributed by atoms with E-state index in [-0.39, 0.29) is 5.41 Å². The van der Waals surface area contributed by atoms with Crippen molar-refractivity contribution in [1.82, 2.24) is 0 Å². The molecule has 0 N–H and O–H groups in total. The Hall–Kier alpha value is -2.90. The van der Waals surface area contributed by atoms with E-state index >= 15 is 0 Å². The second-order valence-electron chi connectivity index (χ2n) is 8.93. The Morgan fingerprint density at radius 2 is 1.33 bits per heavy atom. The van der Waals surface area contributed by atoms with Gasteiger partial charge >= 0.3 is 0 Å². The van der Waals surface area contributed by atoms with Crippen molar-refractivity contribution in [3.63, 3.8) is 0 Å². The van der Waals surface area contributed by atoms with E-state index in [0.717, 1.165) is 6.42 Å². The van der Waals surface area contributed by atoms with Crippen molar-refractivity contribution in [2.24, 2.45) is 0 Å². The summed E-state index contributed by atoms with van der Waals surface area (Å²) in [5.41, 5.74) is 9.76. The highest BCUT2D eigenvalue weighted by Gasteiger charge is 2.35. The molecule has 0 radical (unpaired) electrons. The smallest absolute Gasteiger partial charge is 0.0355 e. The van der Waals surface area contributed by atoms with Crippen molar-refractivity contribution in [2.75, 3.05) is 0 Å². The molecule has 0 fully saturated rings. The molecule has 1 heterocycles. The molecule has 6 rings (SSSR count). The fraction of sp³-hybridized carbons (Fsp3) is 0.172. The first-order valence-electron chi connectivity index (χ1n) is 10.8. The van der Waals surface area contributed by atoms with Gasteiger partial charge in [0.25, 0.3) is 0 Å². The lowest BCUT2D eigenvalue weighted by Crippen LogP contribution is -2.15. The predicted molar refractivity (Wildman–Crippen MR) is 132 cm³/mol. The van der Waals surface area contributed by atoms with Gasteiger partial charge in [-0.05, 0) is 69.6 Å². The number of aryl methyl sites for hydroxylation is 1. The molecular formula is C29H24S. The van der Waals surface area contributed by atoms with Crippen molar-refractivity contribution in [3.8, 4) is 22.3 Å². The first-order valence-corrected chi connectivity index (χ1v) is 11.6. The number of thiophene rings is 1. The van der Waals surface area contributed by atoms with Crippen LogP contribution in [0.5, 0.6) is 0 Å². The zero-order valence-electron chi connectivity index (χ0n) is 17.6. The van der Waals surface area contributed by atoms with Crippen LogP contribution in [0.25, 0.3) is 42.4 Å². The van der Waals surface area contributed by atoms with Gasteiger partial charge in [-0.3, -0.25) is 0 Å². The van der Waals surface area contributed by atoms with E-state index in [0.29, 0.717) is 0 Å². The highest BCUT2D eigenvalue weighted by atomic mass is 32.1. The maximum Gasteiger partial charge on any atom is 0.0355 e. The second-order valence-corrected chi connectivity index (χ2v) is 10.0. The lowest BCUT2D eigenvalue weighted by Gasteiger charge is -2.22. The number of hydrogen-bond acceptors (Lipinski definition) is 1. The normalized spacial score (nSPS) is 14.2. The Morgan fingerprint density at radius 3 is 2.17 bits per heavy atom. The van der Waals surface area contributed by atoms with Gasteiger partial charge in [0.1, 0.15) is 0 Å². The quantitative estimate of drug-likeness (QED) is 0.276. The fourth-order valence-corrected chi connectivity index (χ4v) is 6.18. The summed E-state index contributed by atoms with van der Waals surface area (Å²) in [4.78, 5) is 0. The Labute approximate surface area is 181 Å². The molecule has 1 aromatic heterocycles. The summed E-state index contributed by atoms with van der Waals surface area (Å²) >= 11 is 1.88. The molecule has 4 aromatic carbocycles. The van der Waals surface area contributed by atoms with Gasteiger partial charge in [-0.15, -0.1) is 11.3 Å². The van der Waals surface area contributed by atoms with Gasteiger partial charge in [0, 0.05) is 25.6 Å². The lowest BCUT2D eigenvalue weighted by atomic mass is 9.81. The average Bonchev–Trinajstić information content (AvgIpc) is 3.26. The summed E-state index contributed by atoms with van der Waals surface area (Å²) in [5, 5.41) is 2.73. The Kier molecular flexibility index (Phi) is 3.76. The van der Waals surface area contributed by atoms with Crippen LogP contribution < -0.4 is 0 Å². The van der Waals surface area contributed by atoms with Crippen LogP contribution in [0.4, 0.5) is 0 Å². The molecule has 0 amide bonds. The van der Waals surface area contributed by atoms with Crippen LogP contribution in [-0.2, 0) is 11.8 Å². The summed E-state index contributed by atoms with van der Waals surface area (Å²) in [6.45, 7) is 6.98. The third kappa shape index (κ3) is 2.45. The number of benzene rings is 4. The Balaban J connectivity index is 1.52. The molecule has 0 saturated heterocycles. The second kappa shape index (κ2) is 6.30. The number of rotatable bonds is 2. The number of hydrogen-bond donors (Lipinski definition) is 0. The van der Waals surface area contributed by atoms with Crippen LogP contribution in [0.3, 0.4) is 0 Å². The van der Waals surface area contributed by atoms with E-state index in [1.807, 2.05) is 11.3 Å².